The van der Waals surface area contributed by atoms with Gasteiger partial charge >= 0.3 is 0 Å². The Kier molecular flexibility index (Phi) is 5.15. The van der Waals surface area contributed by atoms with Gasteiger partial charge in [0.15, 0.2) is 0 Å². The highest BCUT2D eigenvalue weighted by atomic mass is 16.5. The third-order valence-electron chi connectivity index (χ3n) is 2.67. The third-order valence-corrected chi connectivity index (χ3v) is 2.67. The van der Waals surface area contributed by atoms with Gasteiger partial charge in [-0.2, -0.15) is 0 Å². The van der Waals surface area contributed by atoms with Gasteiger partial charge in [-0.3, -0.25) is 0 Å². The molecule has 1 heterocycles. The highest BCUT2D eigenvalue weighted by Gasteiger charge is 2.11. The molecule has 0 unspecified atom stereocenters. The molecule has 0 amide bonds. The number of nitrogens with zero attached hydrogens (tertiary/aromatic N) is 2. The fourth-order valence-electron chi connectivity index (χ4n) is 1.68. The average molecular weight is 239 g/mol. The second-order valence-corrected chi connectivity index (χ2v) is 5.40. The second kappa shape index (κ2) is 6.17. The summed E-state index contributed by atoms with van der Waals surface area (Å²) in [5, 5.41) is 3.49. The number of ether oxygens (including phenoxy) is 1. The van der Waals surface area contributed by atoms with Crippen LogP contribution in [0.15, 0.2) is 6.20 Å². The van der Waals surface area contributed by atoms with Gasteiger partial charge in [-0.15, -0.1) is 0 Å². The Hall–Kier alpha value is -0.870. The first kappa shape index (κ1) is 14.2. The van der Waals surface area contributed by atoms with Crippen molar-refractivity contribution in [2.75, 3.05) is 13.7 Å². The molecule has 1 aromatic rings. The highest BCUT2D eigenvalue weighted by molar-refractivity contribution is 5.04. The summed E-state index contributed by atoms with van der Waals surface area (Å²) in [4.78, 5) is 4.38. The normalized spacial score (nSPS) is 12.1. The summed E-state index contributed by atoms with van der Waals surface area (Å²) in [6.45, 7) is 11.2. The molecule has 0 spiro atoms. The molecule has 4 heteroatoms. The molecule has 17 heavy (non-hydrogen) atoms. The predicted octanol–water partition coefficient (Wildman–Crippen LogP) is 2.12. The van der Waals surface area contributed by atoms with Gasteiger partial charge in [0, 0.05) is 38.5 Å². The van der Waals surface area contributed by atoms with E-state index in [1.165, 1.54) is 5.69 Å². The number of hydrogen-bond acceptors (Lipinski definition) is 3. The van der Waals surface area contributed by atoms with Crippen molar-refractivity contribution in [3.05, 3.63) is 17.7 Å². The fraction of sp³-hybridized carbons (Fsp3) is 0.769. The highest BCUT2D eigenvalue weighted by Crippen LogP contribution is 2.08. The first-order valence-corrected chi connectivity index (χ1v) is 6.19. The van der Waals surface area contributed by atoms with E-state index in [0.717, 1.165) is 31.9 Å². The number of hydrogen-bond donors (Lipinski definition) is 1. The van der Waals surface area contributed by atoms with E-state index in [-0.39, 0.29) is 5.54 Å². The van der Waals surface area contributed by atoms with Gasteiger partial charge < -0.3 is 14.6 Å². The lowest BCUT2D eigenvalue weighted by Gasteiger charge is -2.21. The number of methoxy groups -OCH3 is 1. The summed E-state index contributed by atoms with van der Waals surface area (Å²) in [7, 11) is 1.74. The third kappa shape index (κ3) is 4.88. The number of nitrogens with one attached hydrogen (secondary N) is 1. The molecule has 0 saturated carbocycles. The average Bonchev–Trinajstić information content (AvgIpc) is 2.57. The molecule has 0 saturated heterocycles. The summed E-state index contributed by atoms with van der Waals surface area (Å²) in [5.41, 5.74) is 1.38. The van der Waals surface area contributed by atoms with Crippen LogP contribution in [-0.2, 0) is 17.8 Å². The van der Waals surface area contributed by atoms with E-state index < -0.39 is 0 Å². The molecule has 0 aliphatic rings. The van der Waals surface area contributed by atoms with Crippen molar-refractivity contribution in [3.8, 4) is 0 Å². The quantitative estimate of drug-likeness (QED) is 0.773. The van der Waals surface area contributed by atoms with Gasteiger partial charge in [-0.25, -0.2) is 4.98 Å². The molecule has 0 aromatic carbocycles. The van der Waals surface area contributed by atoms with Crippen LogP contribution >= 0.6 is 0 Å². The minimum atomic E-state index is 0.134. The SMILES string of the molecule is COCCCn1c(CNC(C)(C)C)cnc1C. The fourth-order valence-corrected chi connectivity index (χ4v) is 1.68. The summed E-state index contributed by atoms with van der Waals surface area (Å²) in [6.07, 6.45) is 2.98. The second-order valence-electron chi connectivity index (χ2n) is 5.40. The number of imidazole rings is 1. The summed E-state index contributed by atoms with van der Waals surface area (Å²) in [5.74, 6) is 1.08. The zero-order valence-corrected chi connectivity index (χ0v) is 11.7. The van der Waals surface area contributed by atoms with E-state index in [2.05, 4.69) is 35.6 Å². The lowest BCUT2D eigenvalue weighted by atomic mass is 10.1. The summed E-state index contributed by atoms with van der Waals surface area (Å²) in [6, 6.07) is 0. The van der Waals surface area contributed by atoms with Gasteiger partial charge in [0.25, 0.3) is 0 Å². The van der Waals surface area contributed by atoms with Crippen LogP contribution < -0.4 is 5.32 Å². The molecular weight excluding hydrogens is 214 g/mol. The molecule has 0 fully saturated rings. The van der Waals surface area contributed by atoms with Crippen LogP contribution in [0, 0.1) is 6.92 Å². The van der Waals surface area contributed by atoms with Gasteiger partial charge in [0.1, 0.15) is 5.82 Å². The van der Waals surface area contributed by atoms with Crippen LogP contribution in [0.2, 0.25) is 0 Å². The minimum Gasteiger partial charge on any atom is -0.385 e. The zero-order chi connectivity index (χ0) is 12.9. The van der Waals surface area contributed by atoms with Crippen molar-refractivity contribution in [1.82, 2.24) is 14.9 Å². The van der Waals surface area contributed by atoms with Crippen LogP contribution in [0.3, 0.4) is 0 Å². The molecule has 4 nitrogen and oxygen atoms in total. The van der Waals surface area contributed by atoms with Crippen molar-refractivity contribution in [3.63, 3.8) is 0 Å². The van der Waals surface area contributed by atoms with Gasteiger partial charge in [-0.05, 0) is 34.1 Å². The molecule has 0 atom stereocenters. The molecule has 0 radical (unpaired) electrons. The van der Waals surface area contributed by atoms with E-state index in [9.17, 15) is 0 Å². The molecule has 0 aliphatic heterocycles. The Morgan fingerprint density at radius 2 is 2.12 bits per heavy atom. The van der Waals surface area contributed by atoms with E-state index in [1.807, 2.05) is 13.1 Å². The molecule has 1 N–H and O–H groups in total. The van der Waals surface area contributed by atoms with Crippen LogP contribution in [0.25, 0.3) is 0 Å². The molecular formula is C13H25N3O. The molecule has 0 aliphatic carbocycles. The standard InChI is InChI=1S/C13H25N3O/c1-11-14-9-12(10-15-13(2,3)4)16(11)7-6-8-17-5/h9,15H,6-8,10H2,1-5H3. The lowest BCUT2D eigenvalue weighted by Crippen LogP contribution is -2.35. The molecule has 1 rings (SSSR count). The Bertz CT molecular complexity index is 339. The Morgan fingerprint density at radius 1 is 1.41 bits per heavy atom. The lowest BCUT2D eigenvalue weighted by molar-refractivity contribution is 0.189. The Morgan fingerprint density at radius 3 is 2.71 bits per heavy atom. The molecule has 98 valence electrons. The minimum absolute atomic E-state index is 0.134. The summed E-state index contributed by atoms with van der Waals surface area (Å²) < 4.78 is 7.35. The van der Waals surface area contributed by atoms with E-state index in [1.54, 1.807) is 7.11 Å². The largest absolute Gasteiger partial charge is 0.385 e. The van der Waals surface area contributed by atoms with Gasteiger partial charge in [-0.1, -0.05) is 0 Å². The van der Waals surface area contributed by atoms with E-state index in [0.29, 0.717) is 0 Å². The monoisotopic (exact) mass is 239 g/mol. The van der Waals surface area contributed by atoms with Crippen LogP contribution in [0.4, 0.5) is 0 Å². The number of rotatable bonds is 6. The van der Waals surface area contributed by atoms with Gasteiger partial charge in [0.2, 0.25) is 0 Å². The first-order chi connectivity index (χ1) is 7.94. The number of aromatic nitrogens is 2. The Balaban J connectivity index is 2.59. The maximum Gasteiger partial charge on any atom is 0.105 e. The van der Waals surface area contributed by atoms with Crippen LogP contribution in [0.1, 0.15) is 38.7 Å². The maximum absolute atomic E-state index is 5.08. The van der Waals surface area contributed by atoms with Gasteiger partial charge in [0.05, 0.1) is 5.69 Å². The number of aryl methyl sites for hydroxylation is 1. The van der Waals surface area contributed by atoms with Crippen LogP contribution in [0.5, 0.6) is 0 Å². The smallest absolute Gasteiger partial charge is 0.105 e. The topological polar surface area (TPSA) is 39.1 Å². The predicted molar refractivity (Wildman–Crippen MR) is 70.0 cm³/mol. The maximum atomic E-state index is 5.08. The summed E-state index contributed by atoms with van der Waals surface area (Å²) >= 11 is 0. The zero-order valence-electron chi connectivity index (χ0n) is 11.7. The van der Waals surface area contributed by atoms with Crippen molar-refractivity contribution in [2.45, 2.75) is 52.7 Å². The van der Waals surface area contributed by atoms with Crippen molar-refractivity contribution in [2.24, 2.45) is 0 Å². The van der Waals surface area contributed by atoms with E-state index in [4.69, 9.17) is 4.74 Å². The van der Waals surface area contributed by atoms with Crippen molar-refractivity contribution < 1.29 is 4.74 Å². The van der Waals surface area contributed by atoms with Crippen LogP contribution in [-0.4, -0.2) is 28.8 Å². The van der Waals surface area contributed by atoms with Crippen molar-refractivity contribution >= 4 is 0 Å². The van der Waals surface area contributed by atoms with Crippen molar-refractivity contribution in [1.29, 1.82) is 0 Å². The Labute approximate surface area is 104 Å². The molecule has 1 aromatic heterocycles. The van der Waals surface area contributed by atoms with E-state index >= 15 is 0 Å². The first-order valence-electron chi connectivity index (χ1n) is 6.19. The molecule has 0 bridgehead atoms.